The highest BCUT2D eigenvalue weighted by molar-refractivity contribution is 6.30. The minimum absolute atomic E-state index is 0.565. The Kier molecular flexibility index (Phi) is 8.68. The molecule has 0 aromatic carbocycles. The van der Waals surface area contributed by atoms with Gasteiger partial charge in [-0.1, -0.05) is 64.0 Å². The fourth-order valence-corrected chi connectivity index (χ4v) is 2.55. The fraction of sp³-hybridized carbons (Fsp3) is 0.706. The van der Waals surface area contributed by atoms with Crippen molar-refractivity contribution in [1.29, 1.82) is 0 Å². The van der Waals surface area contributed by atoms with Gasteiger partial charge in [-0.05, 0) is 31.4 Å². The number of unbranched alkanes of at least 4 members (excludes halogenated alkanes) is 4. The van der Waals surface area contributed by atoms with Crippen LogP contribution in [0, 0.1) is 6.92 Å². The standard InChI is InChI=1S/C17H29ClN2/c1-4-6-8-10-15(11-9-7-5-2)20-16-12-14(3)17(18)19-13-16/h12-13,15,20H,4-11H2,1-3H3. The second-order valence-electron chi connectivity index (χ2n) is 5.66. The third-order valence-electron chi connectivity index (χ3n) is 3.70. The van der Waals surface area contributed by atoms with Crippen molar-refractivity contribution >= 4 is 17.3 Å². The zero-order valence-electron chi connectivity index (χ0n) is 13.2. The minimum atomic E-state index is 0.565. The molecule has 0 spiro atoms. The van der Waals surface area contributed by atoms with Crippen molar-refractivity contribution in [3.05, 3.63) is 23.0 Å². The number of aromatic nitrogens is 1. The number of rotatable bonds is 10. The van der Waals surface area contributed by atoms with Gasteiger partial charge in [0.15, 0.2) is 0 Å². The molecule has 1 aromatic heterocycles. The van der Waals surface area contributed by atoms with Crippen LogP contribution in [0.15, 0.2) is 12.3 Å². The Hall–Kier alpha value is -0.760. The molecular formula is C17H29ClN2. The highest BCUT2D eigenvalue weighted by Crippen LogP contribution is 2.20. The summed E-state index contributed by atoms with van der Waals surface area (Å²) in [5.41, 5.74) is 2.14. The lowest BCUT2D eigenvalue weighted by Crippen LogP contribution is -2.19. The van der Waals surface area contributed by atoms with Crippen LogP contribution in [-0.2, 0) is 0 Å². The van der Waals surface area contributed by atoms with Crippen molar-refractivity contribution in [3.8, 4) is 0 Å². The van der Waals surface area contributed by atoms with Crippen LogP contribution in [0.4, 0.5) is 5.69 Å². The van der Waals surface area contributed by atoms with Gasteiger partial charge in [-0.2, -0.15) is 0 Å². The molecule has 0 atom stereocenters. The monoisotopic (exact) mass is 296 g/mol. The molecule has 20 heavy (non-hydrogen) atoms. The molecule has 0 fully saturated rings. The van der Waals surface area contributed by atoms with E-state index in [0.29, 0.717) is 11.2 Å². The van der Waals surface area contributed by atoms with Gasteiger partial charge in [0.2, 0.25) is 0 Å². The molecular weight excluding hydrogens is 268 g/mol. The molecule has 0 radical (unpaired) electrons. The highest BCUT2D eigenvalue weighted by atomic mass is 35.5. The van der Waals surface area contributed by atoms with Crippen molar-refractivity contribution in [3.63, 3.8) is 0 Å². The van der Waals surface area contributed by atoms with Crippen LogP contribution in [0.2, 0.25) is 5.15 Å². The second kappa shape index (κ2) is 10.0. The van der Waals surface area contributed by atoms with E-state index in [1.165, 1.54) is 51.4 Å². The van der Waals surface area contributed by atoms with Crippen molar-refractivity contribution in [2.24, 2.45) is 0 Å². The van der Waals surface area contributed by atoms with Crippen LogP contribution >= 0.6 is 11.6 Å². The molecule has 0 aliphatic carbocycles. The van der Waals surface area contributed by atoms with E-state index in [1.807, 2.05) is 13.1 Å². The van der Waals surface area contributed by atoms with E-state index in [0.717, 1.165) is 11.3 Å². The molecule has 1 rings (SSSR count). The number of hydrogen-bond acceptors (Lipinski definition) is 2. The Morgan fingerprint density at radius 2 is 1.70 bits per heavy atom. The van der Waals surface area contributed by atoms with Crippen molar-refractivity contribution in [2.75, 3.05) is 5.32 Å². The fourth-order valence-electron chi connectivity index (χ4n) is 2.44. The number of anilines is 1. The average Bonchev–Trinajstić information content (AvgIpc) is 2.43. The molecule has 0 aliphatic heterocycles. The van der Waals surface area contributed by atoms with Gasteiger partial charge in [0.1, 0.15) is 5.15 Å². The van der Waals surface area contributed by atoms with Gasteiger partial charge >= 0.3 is 0 Å². The number of halogens is 1. The van der Waals surface area contributed by atoms with Gasteiger partial charge in [-0.15, -0.1) is 0 Å². The Morgan fingerprint density at radius 1 is 1.10 bits per heavy atom. The van der Waals surface area contributed by atoms with E-state index < -0.39 is 0 Å². The molecule has 0 aliphatic rings. The summed E-state index contributed by atoms with van der Waals surface area (Å²) in [6, 6.07) is 2.66. The summed E-state index contributed by atoms with van der Waals surface area (Å²) in [6.45, 7) is 6.52. The summed E-state index contributed by atoms with van der Waals surface area (Å²) in [7, 11) is 0. The number of aryl methyl sites for hydroxylation is 1. The third kappa shape index (κ3) is 6.60. The number of hydrogen-bond donors (Lipinski definition) is 1. The quantitative estimate of drug-likeness (QED) is 0.424. The molecule has 0 bridgehead atoms. The van der Waals surface area contributed by atoms with Gasteiger partial charge in [-0.25, -0.2) is 4.98 Å². The summed E-state index contributed by atoms with van der Waals surface area (Å²) < 4.78 is 0. The average molecular weight is 297 g/mol. The summed E-state index contributed by atoms with van der Waals surface area (Å²) >= 11 is 5.98. The summed E-state index contributed by atoms with van der Waals surface area (Å²) in [4.78, 5) is 4.23. The first kappa shape index (κ1) is 17.3. The van der Waals surface area contributed by atoms with Crippen LogP contribution < -0.4 is 5.32 Å². The molecule has 0 amide bonds. The Morgan fingerprint density at radius 3 is 2.20 bits per heavy atom. The van der Waals surface area contributed by atoms with Gasteiger partial charge in [-0.3, -0.25) is 0 Å². The Labute approximate surface area is 129 Å². The highest BCUT2D eigenvalue weighted by Gasteiger charge is 2.09. The maximum atomic E-state index is 5.98. The van der Waals surface area contributed by atoms with Gasteiger partial charge < -0.3 is 5.32 Å². The van der Waals surface area contributed by atoms with E-state index in [-0.39, 0.29) is 0 Å². The molecule has 3 heteroatoms. The largest absolute Gasteiger partial charge is 0.381 e. The molecule has 114 valence electrons. The Balaban J connectivity index is 2.54. The van der Waals surface area contributed by atoms with Crippen LogP contribution in [-0.4, -0.2) is 11.0 Å². The third-order valence-corrected chi connectivity index (χ3v) is 4.09. The first-order chi connectivity index (χ1) is 9.67. The van der Waals surface area contributed by atoms with Crippen LogP contribution in [0.1, 0.15) is 70.8 Å². The van der Waals surface area contributed by atoms with Gasteiger partial charge in [0, 0.05) is 6.04 Å². The molecule has 1 N–H and O–H groups in total. The van der Waals surface area contributed by atoms with E-state index >= 15 is 0 Å². The van der Waals surface area contributed by atoms with E-state index in [9.17, 15) is 0 Å². The summed E-state index contributed by atoms with van der Waals surface area (Å²) in [5.74, 6) is 0. The zero-order chi connectivity index (χ0) is 14.8. The maximum absolute atomic E-state index is 5.98. The SMILES string of the molecule is CCCCCC(CCCCC)Nc1cnc(Cl)c(C)c1. The summed E-state index contributed by atoms with van der Waals surface area (Å²) in [5, 5.41) is 4.24. The first-order valence-corrected chi connectivity index (χ1v) is 8.43. The number of nitrogens with one attached hydrogen (secondary N) is 1. The Bertz CT molecular complexity index is 369. The molecule has 0 saturated heterocycles. The number of nitrogens with zero attached hydrogens (tertiary/aromatic N) is 1. The molecule has 0 saturated carbocycles. The topological polar surface area (TPSA) is 24.9 Å². The van der Waals surface area contributed by atoms with E-state index in [1.54, 1.807) is 0 Å². The van der Waals surface area contributed by atoms with Crippen molar-refractivity contribution in [2.45, 2.75) is 78.2 Å². The molecule has 2 nitrogen and oxygen atoms in total. The van der Waals surface area contributed by atoms with Gasteiger partial charge in [0.25, 0.3) is 0 Å². The maximum Gasteiger partial charge on any atom is 0.132 e. The molecule has 0 unspecified atom stereocenters. The van der Waals surface area contributed by atoms with Crippen LogP contribution in [0.25, 0.3) is 0 Å². The minimum Gasteiger partial charge on any atom is -0.381 e. The van der Waals surface area contributed by atoms with Crippen molar-refractivity contribution < 1.29 is 0 Å². The van der Waals surface area contributed by atoms with Crippen LogP contribution in [0.5, 0.6) is 0 Å². The molecule has 1 aromatic rings. The van der Waals surface area contributed by atoms with Gasteiger partial charge in [0.05, 0.1) is 11.9 Å². The zero-order valence-corrected chi connectivity index (χ0v) is 14.0. The molecule has 1 heterocycles. The normalized spacial score (nSPS) is 11.1. The smallest absolute Gasteiger partial charge is 0.132 e. The lowest BCUT2D eigenvalue weighted by Gasteiger charge is -2.20. The summed E-state index contributed by atoms with van der Waals surface area (Å²) in [6.07, 6.45) is 12.2. The van der Waals surface area contributed by atoms with Crippen molar-refractivity contribution in [1.82, 2.24) is 4.98 Å². The van der Waals surface area contributed by atoms with E-state index in [2.05, 4.69) is 30.2 Å². The van der Waals surface area contributed by atoms with Crippen LogP contribution in [0.3, 0.4) is 0 Å². The number of pyridine rings is 1. The lowest BCUT2D eigenvalue weighted by molar-refractivity contribution is 0.526. The van der Waals surface area contributed by atoms with E-state index in [4.69, 9.17) is 11.6 Å². The predicted molar refractivity (Wildman–Crippen MR) is 89.7 cm³/mol. The predicted octanol–water partition coefficient (Wildman–Crippen LogP) is 5.98. The first-order valence-electron chi connectivity index (χ1n) is 8.06. The second-order valence-corrected chi connectivity index (χ2v) is 6.02. The lowest BCUT2D eigenvalue weighted by atomic mass is 10.0.